The summed E-state index contributed by atoms with van der Waals surface area (Å²) >= 11 is 0. The highest BCUT2D eigenvalue weighted by Gasteiger charge is 2.30. The van der Waals surface area contributed by atoms with Crippen LogP contribution >= 0.6 is 0 Å². The first-order valence-corrected chi connectivity index (χ1v) is 6.83. The number of carbonyl (C=O) groups is 1. The smallest absolute Gasteiger partial charge is 0.221 e. The first kappa shape index (κ1) is 12.5. The molecule has 0 spiro atoms. The number of nitrogens with one attached hydrogen (secondary N) is 2. The average Bonchev–Trinajstić information content (AvgIpc) is 2.87. The fraction of sp³-hybridized carbons (Fsp3) is 0.533. The summed E-state index contributed by atoms with van der Waals surface area (Å²) in [6.45, 7) is 5.76. The summed E-state index contributed by atoms with van der Waals surface area (Å²) in [5, 5.41) is 6.25. The van der Waals surface area contributed by atoms with Gasteiger partial charge in [0.25, 0.3) is 0 Å². The molecule has 1 aromatic rings. The Morgan fingerprint density at radius 3 is 3.05 bits per heavy atom. The van der Waals surface area contributed by atoms with Crippen LogP contribution in [0.1, 0.15) is 31.4 Å². The minimum Gasteiger partial charge on any atom is -0.487 e. The standard InChI is InChI=1S/C15H20N2O2/c1-15(2)7-11-5-10(3-4-13(11)19-15)8-16-12-6-14(18)17-9-12/h3-5,12,16H,6-9H2,1-2H3,(H,17,18). The first-order chi connectivity index (χ1) is 9.02. The van der Waals surface area contributed by atoms with Crippen LogP contribution in [0.5, 0.6) is 5.75 Å². The SMILES string of the molecule is CC1(C)Cc2cc(CNC3CNC(=O)C3)ccc2O1. The van der Waals surface area contributed by atoms with Gasteiger partial charge in [0.2, 0.25) is 5.91 Å². The number of hydrogen-bond donors (Lipinski definition) is 2. The van der Waals surface area contributed by atoms with Crippen molar-refractivity contribution in [1.82, 2.24) is 10.6 Å². The van der Waals surface area contributed by atoms with E-state index in [0.29, 0.717) is 6.42 Å². The molecule has 3 rings (SSSR count). The van der Waals surface area contributed by atoms with Gasteiger partial charge in [0.15, 0.2) is 0 Å². The van der Waals surface area contributed by atoms with E-state index in [-0.39, 0.29) is 17.6 Å². The van der Waals surface area contributed by atoms with Gasteiger partial charge < -0.3 is 15.4 Å². The Balaban J connectivity index is 1.63. The summed E-state index contributed by atoms with van der Waals surface area (Å²) in [7, 11) is 0. The van der Waals surface area contributed by atoms with Gasteiger partial charge in [-0.1, -0.05) is 12.1 Å². The van der Waals surface area contributed by atoms with Crippen molar-refractivity contribution in [3.63, 3.8) is 0 Å². The molecule has 0 aliphatic carbocycles. The molecule has 0 radical (unpaired) electrons. The molecule has 102 valence electrons. The molecule has 2 N–H and O–H groups in total. The van der Waals surface area contributed by atoms with Crippen molar-refractivity contribution >= 4 is 5.91 Å². The lowest BCUT2D eigenvalue weighted by Gasteiger charge is -2.16. The van der Waals surface area contributed by atoms with Crippen molar-refractivity contribution in [2.24, 2.45) is 0 Å². The maximum atomic E-state index is 11.1. The van der Waals surface area contributed by atoms with Crippen molar-refractivity contribution in [2.75, 3.05) is 6.54 Å². The molecule has 0 bridgehead atoms. The molecule has 0 saturated carbocycles. The average molecular weight is 260 g/mol. The van der Waals surface area contributed by atoms with Crippen LogP contribution in [0.2, 0.25) is 0 Å². The molecule has 4 heteroatoms. The van der Waals surface area contributed by atoms with E-state index >= 15 is 0 Å². The van der Waals surface area contributed by atoms with Gasteiger partial charge >= 0.3 is 0 Å². The molecule has 1 saturated heterocycles. The summed E-state index contributed by atoms with van der Waals surface area (Å²) in [6, 6.07) is 6.62. The third-order valence-corrected chi connectivity index (χ3v) is 3.70. The van der Waals surface area contributed by atoms with E-state index in [4.69, 9.17) is 4.74 Å². The fourth-order valence-corrected chi connectivity index (χ4v) is 2.78. The summed E-state index contributed by atoms with van der Waals surface area (Å²) in [5.41, 5.74) is 2.44. The maximum Gasteiger partial charge on any atom is 0.221 e. The molecule has 2 heterocycles. The molecular formula is C15H20N2O2. The maximum absolute atomic E-state index is 11.1. The van der Waals surface area contributed by atoms with Crippen LogP contribution in [0.25, 0.3) is 0 Å². The van der Waals surface area contributed by atoms with Crippen molar-refractivity contribution in [2.45, 2.75) is 44.9 Å². The molecule has 2 aliphatic heterocycles. The first-order valence-electron chi connectivity index (χ1n) is 6.83. The van der Waals surface area contributed by atoms with E-state index < -0.39 is 0 Å². The minimum absolute atomic E-state index is 0.0871. The highest BCUT2D eigenvalue weighted by molar-refractivity contribution is 5.78. The van der Waals surface area contributed by atoms with Crippen LogP contribution in [-0.2, 0) is 17.8 Å². The number of carbonyl (C=O) groups excluding carboxylic acids is 1. The van der Waals surface area contributed by atoms with E-state index in [1.165, 1.54) is 11.1 Å². The number of fused-ring (bicyclic) bond motifs is 1. The third kappa shape index (κ3) is 2.73. The number of rotatable bonds is 3. The Morgan fingerprint density at radius 2 is 2.32 bits per heavy atom. The lowest BCUT2D eigenvalue weighted by molar-refractivity contribution is -0.119. The van der Waals surface area contributed by atoms with Crippen LogP contribution in [0, 0.1) is 0 Å². The van der Waals surface area contributed by atoms with Crippen LogP contribution in [0.3, 0.4) is 0 Å². The van der Waals surface area contributed by atoms with Gasteiger partial charge in [-0.3, -0.25) is 4.79 Å². The van der Waals surface area contributed by atoms with Crippen molar-refractivity contribution in [1.29, 1.82) is 0 Å². The van der Waals surface area contributed by atoms with E-state index in [0.717, 1.165) is 25.3 Å². The summed E-state index contributed by atoms with van der Waals surface area (Å²) in [5.74, 6) is 1.15. The zero-order chi connectivity index (χ0) is 13.5. The molecular weight excluding hydrogens is 240 g/mol. The quantitative estimate of drug-likeness (QED) is 0.863. The van der Waals surface area contributed by atoms with E-state index in [2.05, 4.69) is 42.7 Å². The second-order valence-electron chi connectivity index (χ2n) is 6.07. The number of amides is 1. The summed E-state index contributed by atoms with van der Waals surface area (Å²) < 4.78 is 5.87. The van der Waals surface area contributed by atoms with Crippen LogP contribution in [-0.4, -0.2) is 24.1 Å². The Bertz CT molecular complexity index is 511. The zero-order valence-electron chi connectivity index (χ0n) is 11.5. The van der Waals surface area contributed by atoms with Gasteiger partial charge in [0.05, 0.1) is 0 Å². The molecule has 1 amide bonds. The highest BCUT2D eigenvalue weighted by atomic mass is 16.5. The van der Waals surface area contributed by atoms with Crippen molar-refractivity contribution in [3.8, 4) is 5.75 Å². The fourth-order valence-electron chi connectivity index (χ4n) is 2.78. The number of hydrogen-bond acceptors (Lipinski definition) is 3. The largest absolute Gasteiger partial charge is 0.487 e. The van der Waals surface area contributed by atoms with Gasteiger partial charge in [-0.2, -0.15) is 0 Å². The Hall–Kier alpha value is -1.55. The predicted molar refractivity (Wildman–Crippen MR) is 73.1 cm³/mol. The van der Waals surface area contributed by atoms with Gasteiger partial charge in [0.1, 0.15) is 11.4 Å². The molecule has 4 nitrogen and oxygen atoms in total. The normalized spacial score (nSPS) is 23.9. The second kappa shape index (κ2) is 4.53. The molecule has 2 aliphatic rings. The van der Waals surface area contributed by atoms with E-state index in [1.54, 1.807) is 0 Å². The number of ether oxygens (including phenoxy) is 1. The minimum atomic E-state index is -0.0871. The van der Waals surface area contributed by atoms with Crippen molar-refractivity contribution < 1.29 is 9.53 Å². The topological polar surface area (TPSA) is 50.4 Å². The summed E-state index contributed by atoms with van der Waals surface area (Å²) in [4.78, 5) is 11.1. The van der Waals surface area contributed by atoms with E-state index in [1.807, 2.05) is 0 Å². The molecule has 1 unspecified atom stereocenters. The van der Waals surface area contributed by atoms with Gasteiger partial charge in [-0.05, 0) is 31.0 Å². The van der Waals surface area contributed by atoms with Crippen molar-refractivity contribution in [3.05, 3.63) is 29.3 Å². The van der Waals surface area contributed by atoms with E-state index in [9.17, 15) is 4.79 Å². The number of benzene rings is 1. The molecule has 1 aromatic carbocycles. The third-order valence-electron chi connectivity index (χ3n) is 3.70. The lowest BCUT2D eigenvalue weighted by Crippen LogP contribution is -2.30. The van der Waals surface area contributed by atoms with Crippen LogP contribution in [0.15, 0.2) is 18.2 Å². The zero-order valence-corrected chi connectivity index (χ0v) is 11.5. The Labute approximate surface area is 113 Å². The van der Waals surface area contributed by atoms with Gasteiger partial charge in [-0.15, -0.1) is 0 Å². The Morgan fingerprint density at radius 1 is 1.47 bits per heavy atom. The second-order valence-corrected chi connectivity index (χ2v) is 6.07. The predicted octanol–water partition coefficient (Wildman–Crippen LogP) is 1.38. The molecule has 1 atom stereocenters. The van der Waals surface area contributed by atoms with Crippen LogP contribution in [0.4, 0.5) is 0 Å². The molecule has 19 heavy (non-hydrogen) atoms. The molecule has 1 fully saturated rings. The van der Waals surface area contributed by atoms with Crippen LogP contribution < -0.4 is 15.4 Å². The monoisotopic (exact) mass is 260 g/mol. The van der Waals surface area contributed by atoms with Gasteiger partial charge in [-0.25, -0.2) is 0 Å². The lowest BCUT2D eigenvalue weighted by atomic mass is 10.00. The summed E-state index contributed by atoms with van der Waals surface area (Å²) in [6.07, 6.45) is 1.54. The van der Waals surface area contributed by atoms with Gasteiger partial charge in [0, 0.05) is 32.0 Å². The Kier molecular flexibility index (Phi) is 2.97. The molecule has 0 aromatic heterocycles. The highest BCUT2D eigenvalue weighted by Crippen LogP contribution is 2.35.